The Labute approximate surface area is 127 Å². The van der Waals surface area contributed by atoms with E-state index in [0.717, 1.165) is 20.7 Å². The minimum absolute atomic E-state index is 0.240. The van der Waals surface area contributed by atoms with Crippen LogP contribution in [0.1, 0.15) is 11.1 Å². The summed E-state index contributed by atoms with van der Waals surface area (Å²) in [4.78, 5) is 3.77. The molecule has 1 heterocycles. The summed E-state index contributed by atoms with van der Waals surface area (Å²) in [6, 6.07) is 5.18. The largest absolute Gasteiger partial charge is 0.486 e. The molecule has 2 N–H and O–H groups in total. The van der Waals surface area contributed by atoms with Gasteiger partial charge in [-0.25, -0.2) is 4.39 Å². The molecule has 0 spiro atoms. The highest BCUT2D eigenvalue weighted by Gasteiger charge is 2.09. The second-order valence-corrected chi connectivity index (χ2v) is 5.60. The number of nitrogens with two attached hydrogens (primary N) is 1. The van der Waals surface area contributed by atoms with Gasteiger partial charge in [0.25, 0.3) is 0 Å². The summed E-state index contributed by atoms with van der Waals surface area (Å²) < 4.78 is 20.3. The Kier molecular flexibility index (Phi) is 4.90. The standard InChI is InChI=1S/C13H11Br2FN2O/c14-11-2-8(4-17)3-12(15)13(11)19-7-9-1-10(16)6-18-5-9/h1-3,5-6H,4,7,17H2. The Morgan fingerprint density at radius 2 is 1.79 bits per heavy atom. The van der Waals surface area contributed by atoms with E-state index in [-0.39, 0.29) is 12.4 Å². The number of benzene rings is 1. The fraction of sp³-hybridized carbons (Fsp3) is 0.154. The summed E-state index contributed by atoms with van der Waals surface area (Å²) >= 11 is 6.85. The number of nitrogens with zero attached hydrogens (tertiary/aromatic N) is 1. The van der Waals surface area contributed by atoms with Crippen LogP contribution < -0.4 is 10.5 Å². The molecule has 0 fully saturated rings. The lowest BCUT2D eigenvalue weighted by Gasteiger charge is -2.11. The van der Waals surface area contributed by atoms with Gasteiger partial charge in [0, 0.05) is 18.3 Å². The van der Waals surface area contributed by atoms with Crippen molar-refractivity contribution in [1.29, 1.82) is 0 Å². The van der Waals surface area contributed by atoms with Crippen LogP contribution >= 0.6 is 31.9 Å². The highest BCUT2D eigenvalue weighted by Crippen LogP contribution is 2.35. The van der Waals surface area contributed by atoms with E-state index >= 15 is 0 Å². The second-order valence-electron chi connectivity index (χ2n) is 3.89. The molecule has 0 saturated carbocycles. The molecule has 0 atom stereocenters. The van der Waals surface area contributed by atoms with Crippen molar-refractivity contribution in [2.45, 2.75) is 13.2 Å². The number of hydrogen-bond acceptors (Lipinski definition) is 3. The van der Waals surface area contributed by atoms with Crippen LogP contribution in [-0.4, -0.2) is 4.98 Å². The Bertz CT molecular complexity index is 570. The first-order chi connectivity index (χ1) is 9.10. The van der Waals surface area contributed by atoms with Crippen molar-refractivity contribution in [3.05, 3.63) is 56.5 Å². The van der Waals surface area contributed by atoms with Gasteiger partial charge in [0.05, 0.1) is 15.1 Å². The maximum atomic E-state index is 13.0. The van der Waals surface area contributed by atoms with E-state index in [4.69, 9.17) is 10.5 Å². The van der Waals surface area contributed by atoms with E-state index in [0.29, 0.717) is 17.9 Å². The number of hydrogen-bond donors (Lipinski definition) is 1. The fourth-order valence-corrected chi connectivity index (χ4v) is 3.07. The lowest BCUT2D eigenvalue weighted by molar-refractivity contribution is 0.301. The van der Waals surface area contributed by atoms with Crippen LogP contribution in [0.3, 0.4) is 0 Å². The van der Waals surface area contributed by atoms with Crippen LogP contribution in [0.5, 0.6) is 5.75 Å². The minimum Gasteiger partial charge on any atom is -0.486 e. The second kappa shape index (κ2) is 6.45. The number of rotatable bonds is 4. The Hall–Kier alpha value is -0.980. The molecular weight excluding hydrogens is 379 g/mol. The fourth-order valence-electron chi connectivity index (χ4n) is 1.56. The molecule has 100 valence electrons. The summed E-state index contributed by atoms with van der Waals surface area (Å²) in [5.74, 6) is 0.277. The predicted octanol–water partition coefficient (Wildman–Crippen LogP) is 3.78. The van der Waals surface area contributed by atoms with Crippen molar-refractivity contribution in [2.75, 3.05) is 0 Å². The molecule has 3 nitrogen and oxygen atoms in total. The summed E-state index contributed by atoms with van der Waals surface area (Å²) in [5.41, 5.74) is 7.24. The van der Waals surface area contributed by atoms with E-state index in [9.17, 15) is 4.39 Å². The van der Waals surface area contributed by atoms with E-state index in [1.807, 2.05) is 12.1 Å². The molecule has 1 aromatic heterocycles. The van der Waals surface area contributed by atoms with Crippen molar-refractivity contribution in [2.24, 2.45) is 5.73 Å². The molecule has 0 radical (unpaired) electrons. The molecular formula is C13H11Br2FN2O. The lowest BCUT2D eigenvalue weighted by Crippen LogP contribution is -2.01. The highest BCUT2D eigenvalue weighted by atomic mass is 79.9. The van der Waals surface area contributed by atoms with Gasteiger partial charge in [0.1, 0.15) is 18.2 Å². The molecule has 2 rings (SSSR count). The molecule has 6 heteroatoms. The predicted molar refractivity (Wildman–Crippen MR) is 78.3 cm³/mol. The van der Waals surface area contributed by atoms with Gasteiger partial charge in [-0.1, -0.05) is 0 Å². The van der Waals surface area contributed by atoms with Crippen LogP contribution in [0.15, 0.2) is 39.5 Å². The maximum absolute atomic E-state index is 13.0. The Morgan fingerprint density at radius 1 is 1.11 bits per heavy atom. The molecule has 1 aromatic carbocycles. The zero-order valence-electron chi connectivity index (χ0n) is 9.87. The third kappa shape index (κ3) is 3.75. The summed E-state index contributed by atoms with van der Waals surface area (Å²) in [6.45, 7) is 0.690. The molecule has 0 aliphatic rings. The van der Waals surface area contributed by atoms with Crippen molar-refractivity contribution in [3.63, 3.8) is 0 Å². The van der Waals surface area contributed by atoms with Crippen molar-refractivity contribution in [1.82, 2.24) is 4.98 Å². The molecule has 19 heavy (non-hydrogen) atoms. The number of halogens is 3. The number of pyridine rings is 1. The number of ether oxygens (including phenoxy) is 1. The molecule has 0 bridgehead atoms. The third-order valence-corrected chi connectivity index (χ3v) is 3.62. The average molecular weight is 390 g/mol. The van der Waals surface area contributed by atoms with Gasteiger partial charge in [0.15, 0.2) is 0 Å². The van der Waals surface area contributed by atoms with Crippen molar-refractivity contribution < 1.29 is 9.13 Å². The molecule has 0 saturated heterocycles. The SMILES string of the molecule is NCc1cc(Br)c(OCc2cncc(F)c2)c(Br)c1. The van der Waals surface area contributed by atoms with Gasteiger partial charge in [-0.15, -0.1) is 0 Å². The topological polar surface area (TPSA) is 48.1 Å². The molecule has 0 aliphatic carbocycles. The summed E-state index contributed by atoms with van der Waals surface area (Å²) in [5, 5.41) is 0. The smallest absolute Gasteiger partial charge is 0.148 e. The van der Waals surface area contributed by atoms with E-state index in [1.165, 1.54) is 6.07 Å². The minimum atomic E-state index is -0.377. The van der Waals surface area contributed by atoms with Crippen LogP contribution in [0.2, 0.25) is 0 Å². The molecule has 0 aliphatic heterocycles. The first kappa shape index (κ1) is 14.4. The van der Waals surface area contributed by atoms with Crippen molar-refractivity contribution >= 4 is 31.9 Å². The van der Waals surface area contributed by atoms with Crippen LogP contribution in [0.25, 0.3) is 0 Å². The third-order valence-electron chi connectivity index (χ3n) is 2.44. The van der Waals surface area contributed by atoms with E-state index in [2.05, 4.69) is 36.8 Å². The summed E-state index contributed by atoms with van der Waals surface area (Å²) in [6.07, 6.45) is 2.73. The first-order valence-electron chi connectivity index (χ1n) is 5.50. The number of aromatic nitrogens is 1. The van der Waals surface area contributed by atoms with Gasteiger partial charge in [0.2, 0.25) is 0 Å². The van der Waals surface area contributed by atoms with Gasteiger partial charge in [-0.05, 0) is 55.6 Å². The van der Waals surface area contributed by atoms with Gasteiger partial charge in [-0.3, -0.25) is 4.98 Å². The van der Waals surface area contributed by atoms with Gasteiger partial charge in [-0.2, -0.15) is 0 Å². The Morgan fingerprint density at radius 3 is 2.37 bits per heavy atom. The average Bonchev–Trinajstić information content (AvgIpc) is 2.37. The monoisotopic (exact) mass is 388 g/mol. The zero-order valence-corrected chi connectivity index (χ0v) is 13.0. The highest BCUT2D eigenvalue weighted by molar-refractivity contribution is 9.11. The van der Waals surface area contributed by atoms with Crippen LogP contribution in [-0.2, 0) is 13.2 Å². The van der Waals surface area contributed by atoms with Gasteiger partial charge >= 0.3 is 0 Å². The van der Waals surface area contributed by atoms with Crippen LogP contribution in [0.4, 0.5) is 4.39 Å². The normalized spacial score (nSPS) is 10.5. The Balaban J connectivity index is 2.16. The molecule has 0 unspecified atom stereocenters. The van der Waals surface area contributed by atoms with Crippen LogP contribution in [0, 0.1) is 5.82 Å². The first-order valence-corrected chi connectivity index (χ1v) is 7.09. The van der Waals surface area contributed by atoms with Crippen molar-refractivity contribution in [3.8, 4) is 5.75 Å². The molecule has 0 amide bonds. The van der Waals surface area contributed by atoms with E-state index < -0.39 is 0 Å². The lowest BCUT2D eigenvalue weighted by atomic mass is 10.2. The summed E-state index contributed by atoms with van der Waals surface area (Å²) in [7, 11) is 0. The maximum Gasteiger partial charge on any atom is 0.148 e. The zero-order chi connectivity index (χ0) is 13.8. The van der Waals surface area contributed by atoms with Gasteiger partial charge < -0.3 is 10.5 Å². The van der Waals surface area contributed by atoms with E-state index in [1.54, 1.807) is 6.20 Å². The quantitative estimate of drug-likeness (QED) is 0.865. The molecule has 2 aromatic rings.